The van der Waals surface area contributed by atoms with Crippen molar-refractivity contribution < 1.29 is 4.52 Å². The summed E-state index contributed by atoms with van der Waals surface area (Å²) in [6.07, 6.45) is 5.31. The molecule has 0 unspecified atom stereocenters. The Morgan fingerprint density at radius 3 is 2.44 bits per heavy atom. The largest absolute Gasteiger partial charge is 0.367 e. The monoisotopic (exact) mass is 240 g/mol. The third kappa shape index (κ3) is 1.66. The second-order valence-corrected chi connectivity index (χ2v) is 4.04. The summed E-state index contributed by atoms with van der Waals surface area (Å²) in [6, 6.07) is 7.97. The fraction of sp³-hybridized carbons (Fsp3) is 0.0769. The van der Waals surface area contributed by atoms with E-state index < -0.39 is 0 Å². The maximum absolute atomic E-state index is 5.68. The minimum Gasteiger partial charge on any atom is -0.367 e. The van der Waals surface area contributed by atoms with Crippen LogP contribution in [0, 0.1) is 0 Å². The number of rotatable bonds is 2. The molecule has 5 nitrogen and oxygen atoms in total. The Morgan fingerprint density at radius 1 is 1.17 bits per heavy atom. The van der Waals surface area contributed by atoms with Gasteiger partial charge in [-0.3, -0.25) is 0 Å². The summed E-state index contributed by atoms with van der Waals surface area (Å²) in [5, 5.41) is 3.67. The van der Waals surface area contributed by atoms with Gasteiger partial charge in [0.15, 0.2) is 0 Å². The quantitative estimate of drug-likeness (QED) is 0.746. The van der Waals surface area contributed by atoms with Crippen LogP contribution in [0.15, 0.2) is 47.4 Å². The molecule has 0 saturated heterocycles. The molecule has 0 aliphatic rings. The summed E-state index contributed by atoms with van der Waals surface area (Å²) in [7, 11) is 1.97. The number of nitrogens with two attached hydrogens (primary N) is 1. The lowest BCUT2D eigenvalue weighted by atomic mass is 10.1. The Kier molecular flexibility index (Phi) is 2.37. The van der Waals surface area contributed by atoms with E-state index in [9.17, 15) is 0 Å². The Labute approximate surface area is 104 Å². The van der Waals surface area contributed by atoms with Crippen molar-refractivity contribution in [3.63, 3.8) is 0 Å². The molecule has 2 aromatic heterocycles. The standard InChI is InChI=1S/C13H12N4O/c1-17-7-6-15-13(17)10-4-2-9(3-5-10)11-8-16-18-12(11)14/h2-8H,14H2,1H3. The predicted molar refractivity (Wildman–Crippen MR) is 68.6 cm³/mol. The van der Waals surface area contributed by atoms with Crippen molar-refractivity contribution in [2.24, 2.45) is 7.05 Å². The van der Waals surface area contributed by atoms with Crippen molar-refractivity contribution in [1.82, 2.24) is 14.7 Å². The van der Waals surface area contributed by atoms with Gasteiger partial charge >= 0.3 is 0 Å². The van der Waals surface area contributed by atoms with E-state index in [0.29, 0.717) is 5.88 Å². The van der Waals surface area contributed by atoms with E-state index in [1.165, 1.54) is 0 Å². The summed E-state index contributed by atoms with van der Waals surface area (Å²) in [5.41, 5.74) is 8.53. The molecule has 18 heavy (non-hydrogen) atoms. The fourth-order valence-electron chi connectivity index (χ4n) is 1.91. The third-order valence-corrected chi connectivity index (χ3v) is 2.87. The third-order valence-electron chi connectivity index (χ3n) is 2.87. The van der Waals surface area contributed by atoms with Crippen LogP contribution in [-0.4, -0.2) is 14.7 Å². The summed E-state index contributed by atoms with van der Waals surface area (Å²) in [5.74, 6) is 1.26. The Bertz CT molecular complexity index is 607. The van der Waals surface area contributed by atoms with Gasteiger partial charge in [0.05, 0.1) is 11.8 Å². The van der Waals surface area contributed by atoms with E-state index in [4.69, 9.17) is 10.3 Å². The molecule has 0 fully saturated rings. The van der Waals surface area contributed by atoms with Crippen LogP contribution in [0.4, 0.5) is 5.88 Å². The predicted octanol–water partition coefficient (Wildman–Crippen LogP) is 2.32. The van der Waals surface area contributed by atoms with Crippen LogP contribution in [0.3, 0.4) is 0 Å². The maximum atomic E-state index is 5.68. The van der Waals surface area contributed by atoms with Crippen LogP contribution >= 0.6 is 0 Å². The number of aryl methyl sites for hydroxylation is 1. The molecule has 0 saturated carbocycles. The number of hydrogen-bond donors (Lipinski definition) is 1. The van der Waals surface area contributed by atoms with Gasteiger partial charge in [-0.2, -0.15) is 0 Å². The second kappa shape index (κ2) is 4.03. The highest BCUT2D eigenvalue weighted by atomic mass is 16.5. The fourth-order valence-corrected chi connectivity index (χ4v) is 1.91. The highest BCUT2D eigenvalue weighted by Gasteiger charge is 2.08. The average molecular weight is 240 g/mol. The number of hydrogen-bond acceptors (Lipinski definition) is 4. The molecule has 0 atom stereocenters. The van der Waals surface area contributed by atoms with E-state index >= 15 is 0 Å². The van der Waals surface area contributed by atoms with Gasteiger partial charge in [0.1, 0.15) is 5.82 Å². The molecular weight excluding hydrogens is 228 g/mol. The molecule has 0 aliphatic carbocycles. The first-order valence-electron chi connectivity index (χ1n) is 5.54. The van der Waals surface area contributed by atoms with Gasteiger partial charge in [0.25, 0.3) is 0 Å². The lowest BCUT2D eigenvalue weighted by Crippen LogP contribution is -1.91. The molecule has 1 aromatic carbocycles. The topological polar surface area (TPSA) is 69.9 Å². The number of benzene rings is 1. The van der Waals surface area contributed by atoms with Gasteiger partial charge in [-0.15, -0.1) is 0 Å². The summed E-state index contributed by atoms with van der Waals surface area (Å²) < 4.78 is 6.83. The van der Waals surface area contributed by atoms with Crippen LogP contribution in [0.2, 0.25) is 0 Å². The first kappa shape index (κ1) is 10.6. The molecule has 2 N–H and O–H groups in total. The van der Waals surface area contributed by atoms with E-state index in [1.807, 2.05) is 42.1 Å². The number of nitrogen functional groups attached to an aromatic ring is 1. The zero-order valence-electron chi connectivity index (χ0n) is 9.87. The normalized spacial score (nSPS) is 10.7. The van der Waals surface area contributed by atoms with Crippen LogP contribution in [0.5, 0.6) is 0 Å². The van der Waals surface area contributed by atoms with Crippen molar-refractivity contribution in [1.29, 1.82) is 0 Å². The molecule has 3 aromatic rings. The van der Waals surface area contributed by atoms with Crippen molar-refractivity contribution in [3.05, 3.63) is 42.9 Å². The number of aromatic nitrogens is 3. The highest BCUT2D eigenvalue weighted by molar-refractivity contribution is 5.73. The van der Waals surface area contributed by atoms with Crippen LogP contribution in [0.1, 0.15) is 0 Å². The molecule has 3 rings (SSSR count). The first-order valence-corrected chi connectivity index (χ1v) is 5.54. The minimum atomic E-state index is 0.333. The molecule has 0 aliphatic heterocycles. The zero-order chi connectivity index (χ0) is 12.5. The van der Waals surface area contributed by atoms with E-state index in [-0.39, 0.29) is 0 Å². The van der Waals surface area contributed by atoms with Gasteiger partial charge in [0.2, 0.25) is 5.88 Å². The molecule has 0 spiro atoms. The van der Waals surface area contributed by atoms with Crippen molar-refractivity contribution in [3.8, 4) is 22.5 Å². The lowest BCUT2D eigenvalue weighted by Gasteiger charge is -2.03. The van der Waals surface area contributed by atoms with Crippen LogP contribution in [0.25, 0.3) is 22.5 Å². The van der Waals surface area contributed by atoms with Crippen LogP contribution in [-0.2, 0) is 7.05 Å². The Morgan fingerprint density at radius 2 is 1.89 bits per heavy atom. The van der Waals surface area contributed by atoms with Crippen molar-refractivity contribution in [2.75, 3.05) is 5.73 Å². The minimum absolute atomic E-state index is 0.333. The van der Waals surface area contributed by atoms with Crippen LogP contribution < -0.4 is 5.73 Å². The molecule has 5 heteroatoms. The first-order chi connectivity index (χ1) is 8.75. The number of anilines is 1. The Hall–Kier alpha value is -2.56. The maximum Gasteiger partial charge on any atom is 0.229 e. The SMILES string of the molecule is Cn1ccnc1-c1ccc(-c2cnoc2N)cc1. The molecule has 2 heterocycles. The smallest absolute Gasteiger partial charge is 0.229 e. The molecular formula is C13H12N4O. The molecule has 0 bridgehead atoms. The molecule has 0 amide bonds. The van der Waals surface area contributed by atoms with E-state index in [1.54, 1.807) is 12.4 Å². The van der Waals surface area contributed by atoms with Gasteiger partial charge in [-0.05, 0) is 5.56 Å². The average Bonchev–Trinajstić information content (AvgIpc) is 2.98. The van der Waals surface area contributed by atoms with E-state index in [0.717, 1.165) is 22.5 Å². The molecule has 0 radical (unpaired) electrons. The van der Waals surface area contributed by atoms with Gasteiger partial charge in [-0.25, -0.2) is 4.98 Å². The summed E-state index contributed by atoms with van der Waals surface area (Å²) in [6.45, 7) is 0. The number of imidazole rings is 1. The Balaban J connectivity index is 2.00. The molecule has 90 valence electrons. The van der Waals surface area contributed by atoms with Crippen molar-refractivity contribution in [2.45, 2.75) is 0 Å². The highest BCUT2D eigenvalue weighted by Crippen LogP contribution is 2.27. The zero-order valence-corrected chi connectivity index (χ0v) is 9.87. The van der Waals surface area contributed by atoms with Gasteiger partial charge in [0, 0.05) is 25.0 Å². The van der Waals surface area contributed by atoms with Crippen molar-refractivity contribution >= 4 is 5.88 Å². The number of nitrogens with zero attached hydrogens (tertiary/aromatic N) is 3. The van der Waals surface area contributed by atoms with Gasteiger partial charge in [-0.1, -0.05) is 29.4 Å². The summed E-state index contributed by atoms with van der Waals surface area (Å²) >= 11 is 0. The van der Waals surface area contributed by atoms with E-state index in [2.05, 4.69) is 10.1 Å². The lowest BCUT2D eigenvalue weighted by molar-refractivity contribution is 0.436. The second-order valence-electron chi connectivity index (χ2n) is 4.04. The van der Waals surface area contributed by atoms with Gasteiger partial charge < -0.3 is 14.8 Å². The summed E-state index contributed by atoms with van der Waals surface area (Å²) in [4.78, 5) is 4.30.